The first-order valence-corrected chi connectivity index (χ1v) is 6.47. The zero-order valence-corrected chi connectivity index (χ0v) is 11.8. The quantitative estimate of drug-likeness (QED) is 0.849. The lowest BCUT2D eigenvalue weighted by molar-refractivity contribution is 0.0562. The van der Waals surface area contributed by atoms with Gasteiger partial charge in [0.05, 0.1) is 18.8 Å². The van der Waals surface area contributed by atoms with Crippen LogP contribution in [0.3, 0.4) is 0 Å². The molecular weight excluding hydrogens is 256 g/mol. The second-order valence-corrected chi connectivity index (χ2v) is 4.56. The highest BCUT2D eigenvalue weighted by molar-refractivity contribution is 5.86. The molecule has 106 valence electrons. The number of ether oxygens (including phenoxy) is 1. The van der Waals surface area contributed by atoms with Crippen molar-refractivity contribution in [1.82, 2.24) is 10.3 Å². The van der Waals surface area contributed by atoms with Gasteiger partial charge in [0.2, 0.25) is 5.76 Å². The Bertz CT molecular complexity index is 566. The van der Waals surface area contributed by atoms with Gasteiger partial charge in [0.1, 0.15) is 5.76 Å². The van der Waals surface area contributed by atoms with E-state index in [0.29, 0.717) is 5.76 Å². The van der Waals surface area contributed by atoms with Crippen LogP contribution in [0.5, 0.6) is 0 Å². The first-order chi connectivity index (χ1) is 9.61. The molecule has 0 spiro atoms. The monoisotopic (exact) mass is 274 g/mol. The fourth-order valence-electron chi connectivity index (χ4n) is 1.97. The van der Waals surface area contributed by atoms with Crippen LogP contribution in [-0.4, -0.2) is 18.1 Å². The topological polar surface area (TPSA) is 64.4 Å². The van der Waals surface area contributed by atoms with Crippen LogP contribution in [0.4, 0.5) is 0 Å². The van der Waals surface area contributed by atoms with E-state index in [1.807, 2.05) is 32.0 Å². The molecular formula is C15H18N2O3. The molecule has 0 bridgehead atoms. The van der Waals surface area contributed by atoms with E-state index in [0.717, 1.165) is 5.69 Å². The van der Waals surface area contributed by atoms with Gasteiger partial charge in [-0.25, -0.2) is 4.79 Å². The molecule has 2 heterocycles. The number of furan rings is 1. The predicted octanol–water partition coefficient (Wildman–Crippen LogP) is 2.87. The Morgan fingerprint density at radius 3 is 2.70 bits per heavy atom. The summed E-state index contributed by atoms with van der Waals surface area (Å²) in [5.74, 6) is 0.427. The molecule has 0 saturated carbocycles. The third-order valence-corrected chi connectivity index (χ3v) is 3.07. The van der Waals surface area contributed by atoms with Crippen LogP contribution in [-0.2, 0) is 4.74 Å². The van der Waals surface area contributed by atoms with E-state index < -0.39 is 5.97 Å². The number of esters is 1. The average molecular weight is 274 g/mol. The first-order valence-electron chi connectivity index (χ1n) is 6.47. The molecule has 2 aromatic heterocycles. The maximum Gasteiger partial charge on any atom is 0.373 e. The second-order valence-electron chi connectivity index (χ2n) is 4.56. The van der Waals surface area contributed by atoms with Crippen molar-refractivity contribution in [3.63, 3.8) is 0 Å². The van der Waals surface area contributed by atoms with Crippen molar-refractivity contribution in [2.75, 3.05) is 7.11 Å². The molecule has 0 aliphatic rings. The average Bonchev–Trinajstić information content (AvgIpc) is 2.97. The number of pyridine rings is 1. The third kappa shape index (κ3) is 3.24. The van der Waals surface area contributed by atoms with E-state index in [1.54, 1.807) is 18.3 Å². The van der Waals surface area contributed by atoms with Crippen molar-refractivity contribution in [2.24, 2.45) is 0 Å². The van der Waals surface area contributed by atoms with Crippen LogP contribution >= 0.6 is 0 Å². The van der Waals surface area contributed by atoms with Gasteiger partial charge >= 0.3 is 5.97 Å². The van der Waals surface area contributed by atoms with E-state index in [1.165, 1.54) is 7.11 Å². The molecule has 0 radical (unpaired) electrons. The zero-order chi connectivity index (χ0) is 14.5. The van der Waals surface area contributed by atoms with Gasteiger partial charge in [-0.1, -0.05) is 6.07 Å². The highest BCUT2D eigenvalue weighted by atomic mass is 16.5. The van der Waals surface area contributed by atoms with Crippen molar-refractivity contribution in [1.29, 1.82) is 0 Å². The number of methoxy groups -OCH3 is 1. The summed E-state index contributed by atoms with van der Waals surface area (Å²) in [5.41, 5.74) is 0.957. The van der Waals surface area contributed by atoms with Crippen molar-refractivity contribution >= 4 is 5.97 Å². The van der Waals surface area contributed by atoms with Crippen molar-refractivity contribution in [2.45, 2.75) is 25.9 Å². The minimum Gasteiger partial charge on any atom is -0.463 e. The lowest BCUT2D eigenvalue weighted by Crippen LogP contribution is -2.22. The molecule has 0 aromatic carbocycles. The number of nitrogens with one attached hydrogen (secondary N) is 1. The lowest BCUT2D eigenvalue weighted by Gasteiger charge is -2.17. The van der Waals surface area contributed by atoms with Crippen LogP contribution in [0.15, 0.2) is 40.9 Å². The maximum atomic E-state index is 11.3. The largest absolute Gasteiger partial charge is 0.463 e. The summed E-state index contributed by atoms with van der Waals surface area (Å²) in [6.45, 7) is 4.00. The Kier molecular flexibility index (Phi) is 4.53. The molecule has 0 saturated heterocycles. The van der Waals surface area contributed by atoms with Crippen molar-refractivity contribution < 1.29 is 13.9 Å². The van der Waals surface area contributed by atoms with Gasteiger partial charge in [-0.05, 0) is 38.1 Å². The van der Waals surface area contributed by atoms with Gasteiger partial charge < -0.3 is 9.15 Å². The highest BCUT2D eigenvalue weighted by Crippen LogP contribution is 2.20. The summed E-state index contributed by atoms with van der Waals surface area (Å²) in [7, 11) is 1.33. The number of hydrogen-bond donors (Lipinski definition) is 1. The third-order valence-electron chi connectivity index (χ3n) is 3.07. The number of carbonyl (C=O) groups is 1. The molecule has 1 unspecified atom stereocenters. The lowest BCUT2D eigenvalue weighted by atomic mass is 10.1. The van der Waals surface area contributed by atoms with Gasteiger partial charge in [0.25, 0.3) is 0 Å². The molecule has 0 fully saturated rings. The molecule has 5 heteroatoms. The second kappa shape index (κ2) is 6.34. The van der Waals surface area contributed by atoms with E-state index in [9.17, 15) is 4.79 Å². The summed E-state index contributed by atoms with van der Waals surface area (Å²) < 4.78 is 10.1. The van der Waals surface area contributed by atoms with Crippen LogP contribution in [0.2, 0.25) is 0 Å². The number of rotatable bonds is 5. The fraction of sp³-hybridized carbons (Fsp3) is 0.333. The number of hydrogen-bond acceptors (Lipinski definition) is 5. The van der Waals surface area contributed by atoms with E-state index >= 15 is 0 Å². The minimum atomic E-state index is -0.471. The molecule has 2 aromatic rings. The normalized spacial score (nSPS) is 13.8. The molecule has 0 aliphatic carbocycles. The Morgan fingerprint density at radius 1 is 1.25 bits per heavy atom. The highest BCUT2D eigenvalue weighted by Gasteiger charge is 2.17. The van der Waals surface area contributed by atoms with Crippen molar-refractivity contribution in [3.8, 4) is 0 Å². The predicted molar refractivity (Wildman–Crippen MR) is 74.3 cm³/mol. The van der Waals surface area contributed by atoms with Gasteiger partial charge in [0.15, 0.2) is 0 Å². The summed E-state index contributed by atoms with van der Waals surface area (Å²) in [6, 6.07) is 9.23. The van der Waals surface area contributed by atoms with Crippen LogP contribution in [0.1, 0.15) is 47.9 Å². The molecule has 20 heavy (non-hydrogen) atoms. The van der Waals surface area contributed by atoms with Crippen LogP contribution in [0.25, 0.3) is 0 Å². The van der Waals surface area contributed by atoms with Gasteiger partial charge in [0, 0.05) is 12.2 Å². The van der Waals surface area contributed by atoms with E-state index in [4.69, 9.17) is 4.42 Å². The maximum absolute atomic E-state index is 11.3. The number of carbonyl (C=O) groups excluding carboxylic acids is 1. The Balaban J connectivity index is 2.03. The Hall–Kier alpha value is -2.14. The standard InChI is InChI=1S/C15H18N2O3/c1-10(12-6-4-5-9-16-12)17-11(2)13-7-8-14(20-13)15(18)19-3/h4-11,17H,1-3H3/t10-,11?/m0/s1. The van der Waals surface area contributed by atoms with Gasteiger partial charge in [-0.15, -0.1) is 0 Å². The summed E-state index contributed by atoms with van der Waals surface area (Å²) in [4.78, 5) is 15.7. The van der Waals surface area contributed by atoms with Gasteiger partial charge in [-0.3, -0.25) is 10.3 Å². The fourth-order valence-corrected chi connectivity index (χ4v) is 1.97. The Labute approximate surface area is 118 Å². The van der Waals surface area contributed by atoms with Crippen LogP contribution in [0, 0.1) is 0 Å². The zero-order valence-electron chi connectivity index (χ0n) is 11.8. The van der Waals surface area contributed by atoms with Gasteiger partial charge in [-0.2, -0.15) is 0 Å². The number of nitrogens with zero attached hydrogens (tertiary/aromatic N) is 1. The number of aromatic nitrogens is 1. The molecule has 0 amide bonds. The SMILES string of the molecule is COC(=O)c1ccc(C(C)N[C@@H](C)c2ccccn2)o1. The molecule has 5 nitrogen and oxygen atoms in total. The molecule has 1 N–H and O–H groups in total. The van der Waals surface area contributed by atoms with Crippen LogP contribution < -0.4 is 5.32 Å². The first kappa shape index (κ1) is 14.3. The molecule has 2 rings (SSSR count). The molecule has 2 atom stereocenters. The van der Waals surface area contributed by atoms with E-state index in [-0.39, 0.29) is 17.8 Å². The smallest absolute Gasteiger partial charge is 0.373 e. The van der Waals surface area contributed by atoms with Crippen molar-refractivity contribution in [3.05, 3.63) is 53.7 Å². The molecule has 0 aliphatic heterocycles. The Morgan fingerprint density at radius 2 is 2.05 bits per heavy atom. The summed E-state index contributed by atoms with van der Waals surface area (Å²) >= 11 is 0. The van der Waals surface area contributed by atoms with E-state index in [2.05, 4.69) is 15.0 Å². The summed E-state index contributed by atoms with van der Waals surface area (Å²) in [5, 5.41) is 3.37. The summed E-state index contributed by atoms with van der Waals surface area (Å²) in [6.07, 6.45) is 1.76. The minimum absolute atomic E-state index is 0.0367.